The molecule has 0 radical (unpaired) electrons. The van der Waals surface area contributed by atoms with E-state index in [1.165, 1.54) is 12.1 Å². The highest BCUT2D eigenvalue weighted by Crippen LogP contribution is 2.53. The second-order valence-electron chi connectivity index (χ2n) is 10.5. The molecule has 9 heteroatoms. The highest BCUT2D eigenvalue weighted by atomic mass is 31.2. The highest BCUT2D eigenvalue weighted by molar-refractivity contribution is 7.66. The van der Waals surface area contributed by atoms with Crippen molar-refractivity contribution in [2.75, 3.05) is 18.5 Å². The second-order valence-corrected chi connectivity index (χ2v) is 12.4. The first-order chi connectivity index (χ1) is 14.7. The van der Waals surface area contributed by atoms with Crippen LogP contribution in [0, 0.1) is 16.6 Å². The van der Waals surface area contributed by atoms with Gasteiger partial charge in [-0.1, -0.05) is 47.6 Å². The molecule has 0 saturated carbocycles. The minimum absolute atomic E-state index is 0.0111. The van der Waals surface area contributed by atoms with Gasteiger partial charge in [-0.2, -0.15) is 4.76 Å². The number of aliphatic hydroxyl groups is 1. The van der Waals surface area contributed by atoms with Gasteiger partial charge in [0.05, 0.1) is 18.3 Å². The Hall–Kier alpha value is -2.18. The molecule has 0 saturated heterocycles. The number of benzene rings is 1. The van der Waals surface area contributed by atoms with Crippen LogP contribution in [0.2, 0.25) is 0 Å². The summed E-state index contributed by atoms with van der Waals surface area (Å²) in [6.45, 7) is 14.2. The van der Waals surface area contributed by atoms with Crippen LogP contribution in [0.4, 0.5) is 10.1 Å². The summed E-state index contributed by atoms with van der Waals surface area (Å²) in [5, 5.41) is 14.0. The Morgan fingerprint density at radius 2 is 1.91 bits per heavy atom. The van der Waals surface area contributed by atoms with Gasteiger partial charge in [-0.05, 0) is 36.3 Å². The Balaban J connectivity index is 2.11. The minimum atomic E-state index is -3.99. The van der Waals surface area contributed by atoms with Crippen LogP contribution in [-0.4, -0.2) is 40.9 Å². The number of carbonyl (C=O) groups is 1. The number of halogens is 1. The lowest BCUT2D eigenvalue weighted by molar-refractivity contribution is -0.128. The van der Waals surface area contributed by atoms with Crippen molar-refractivity contribution < 1.29 is 23.4 Å². The van der Waals surface area contributed by atoms with E-state index in [0.717, 1.165) is 6.42 Å². The molecule has 2 unspecified atom stereocenters. The van der Waals surface area contributed by atoms with Gasteiger partial charge >= 0.3 is 7.52 Å². The molecule has 2 aliphatic heterocycles. The Morgan fingerprint density at radius 3 is 2.47 bits per heavy atom. The number of amides is 1. The van der Waals surface area contributed by atoms with E-state index in [9.17, 15) is 18.9 Å². The zero-order chi connectivity index (χ0) is 24.1. The lowest BCUT2D eigenvalue weighted by Gasteiger charge is -2.36. The van der Waals surface area contributed by atoms with Gasteiger partial charge in [0.1, 0.15) is 22.5 Å². The van der Waals surface area contributed by atoms with E-state index in [0.29, 0.717) is 6.54 Å². The van der Waals surface area contributed by atoms with E-state index >= 15 is 0 Å². The number of anilines is 1. The Labute approximate surface area is 189 Å². The van der Waals surface area contributed by atoms with Gasteiger partial charge in [0.25, 0.3) is 5.91 Å². The van der Waals surface area contributed by atoms with E-state index in [1.807, 2.05) is 20.8 Å². The molecule has 0 aromatic heterocycles. The van der Waals surface area contributed by atoms with Crippen molar-refractivity contribution in [3.05, 3.63) is 35.3 Å². The first kappa shape index (κ1) is 24.5. The van der Waals surface area contributed by atoms with Gasteiger partial charge < -0.3 is 19.8 Å². The fourth-order valence-corrected chi connectivity index (χ4v) is 5.89. The molecule has 32 heavy (non-hydrogen) atoms. The molecule has 0 aliphatic carbocycles. The first-order valence-electron chi connectivity index (χ1n) is 10.8. The average Bonchev–Trinajstić information content (AvgIpc) is 2.89. The van der Waals surface area contributed by atoms with E-state index < -0.39 is 30.7 Å². The van der Waals surface area contributed by atoms with Gasteiger partial charge in [0.15, 0.2) is 5.84 Å². The molecule has 0 fully saturated rings. The zero-order valence-electron chi connectivity index (χ0n) is 19.8. The number of aliphatic hydroxyl groups excluding tert-OH is 1. The first-order valence-corrected chi connectivity index (χ1v) is 12.4. The van der Waals surface area contributed by atoms with Gasteiger partial charge in [0, 0.05) is 6.54 Å². The number of hydrogen-bond donors (Lipinski definition) is 2. The van der Waals surface area contributed by atoms with Crippen molar-refractivity contribution in [3.63, 3.8) is 0 Å². The summed E-state index contributed by atoms with van der Waals surface area (Å²) in [4.78, 5) is 15.2. The van der Waals surface area contributed by atoms with E-state index in [-0.39, 0.29) is 40.2 Å². The molecule has 0 bridgehead atoms. The van der Waals surface area contributed by atoms with E-state index in [1.54, 1.807) is 17.9 Å². The number of nitrogens with one attached hydrogen (secondary N) is 1. The maximum absolute atomic E-state index is 14.5. The third-order valence-electron chi connectivity index (χ3n) is 5.52. The number of nitrogens with zero attached hydrogens (tertiary/aromatic N) is 2. The van der Waals surface area contributed by atoms with E-state index in [2.05, 4.69) is 30.9 Å². The monoisotopic (exact) mass is 465 g/mol. The number of carbonyl (C=O) groups excluding carboxylic acids is 1. The van der Waals surface area contributed by atoms with Gasteiger partial charge in [0.2, 0.25) is 0 Å². The maximum Gasteiger partial charge on any atom is 0.351 e. The van der Waals surface area contributed by atoms with Crippen LogP contribution < -0.4 is 10.6 Å². The molecule has 176 valence electrons. The molecule has 2 atom stereocenters. The van der Waals surface area contributed by atoms with Crippen LogP contribution in [0.5, 0.6) is 0 Å². The van der Waals surface area contributed by atoms with Crippen LogP contribution in [0.3, 0.4) is 0 Å². The van der Waals surface area contributed by atoms with Crippen LogP contribution in [0.15, 0.2) is 34.3 Å². The van der Waals surface area contributed by atoms with Crippen molar-refractivity contribution in [2.45, 2.75) is 60.9 Å². The minimum Gasteiger partial charge on any atom is -0.509 e. The average molecular weight is 466 g/mol. The predicted molar refractivity (Wildman–Crippen MR) is 125 cm³/mol. The highest BCUT2D eigenvalue weighted by Gasteiger charge is 2.49. The smallest absolute Gasteiger partial charge is 0.351 e. The molecule has 2 N–H and O–H groups in total. The zero-order valence-corrected chi connectivity index (χ0v) is 20.7. The third kappa shape index (κ3) is 4.48. The summed E-state index contributed by atoms with van der Waals surface area (Å²) in [5.74, 6) is -1.30. The summed E-state index contributed by atoms with van der Waals surface area (Å²) < 4.78 is 37.7. The van der Waals surface area contributed by atoms with Crippen molar-refractivity contribution in [1.29, 1.82) is 0 Å². The summed E-state index contributed by atoms with van der Waals surface area (Å²) in [7, 11) is -3.99. The largest absolute Gasteiger partial charge is 0.509 e. The predicted octanol–water partition coefficient (Wildman–Crippen LogP) is 5.01. The molecular formula is C23H33FN3O4P. The van der Waals surface area contributed by atoms with Crippen molar-refractivity contribution in [3.8, 4) is 0 Å². The van der Waals surface area contributed by atoms with Gasteiger partial charge in [-0.3, -0.25) is 9.36 Å². The van der Waals surface area contributed by atoms with Crippen molar-refractivity contribution in [2.24, 2.45) is 15.6 Å². The molecule has 1 aromatic carbocycles. The molecule has 2 heterocycles. The lowest BCUT2D eigenvalue weighted by atomic mass is 9.84. The van der Waals surface area contributed by atoms with Gasteiger partial charge in [-0.15, -0.1) is 0 Å². The summed E-state index contributed by atoms with van der Waals surface area (Å²) in [5.41, 5.74) is -0.306. The van der Waals surface area contributed by atoms with Crippen molar-refractivity contribution >= 4 is 30.3 Å². The fraction of sp³-hybridized carbons (Fsp3) is 0.565. The Morgan fingerprint density at radius 1 is 1.25 bits per heavy atom. The van der Waals surface area contributed by atoms with Crippen molar-refractivity contribution in [1.82, 2.24) is 4.90 Å². The normalized spacial score (nSPS) is 23.9. The molecule has 7 nitrogen and oxygen atoms in total. The molecular weight excluding hydrogens is 432 g/mol. The Bertz CT molecular complexity index is 1040. The SMILES string of the molecule is CCOP1(=O)N=C(C2=C(O)C(C(C)(C)C)N(CCC(C)(C)C)C2=O)Nc2cccc(F)c21. The fourth-order valence-electron chi connectivity index (χ4n) is 4.06. The molecule has 1 aromatic rings. The number of rotatable bonds is 5. The van der Waals surface area contributed by atoms with Crippen LogP contribution in [-0.2, 0) is 13.9 Å². The number of fused-ring (bicyclic) bond motifs is 1. The molecule has 3 rings (SSSR count). The third-order valence-corrected chi connectivity index (χ3v) is 7.61. The number of amidine groups is 1. The van der Waals surface area contributed by atoms with Crippen LogP contribution >= 0.6 is 7.52 Å². The lowest BCUT2D eigenvalue weighted by Crippen LogP contribution is -2.45. The topological polar surface area (TPSA) is 91.2 Å². The Kier molecular flexibility index (Phi) is 6.35. The quantitative estimate of drug-likeness (QED) is 0.597. The maximum atomic E-state index is 14.5. The number of hydrogen-bond acceptors (Lipinski definition) is 5. The molecule has 2 aliphatic rings. The van der Waals surface area contributed by atoms with Crippen LogP contribution in [0.1, 0.15) is 54.9 Å². The summed E-state index contributed by atoms with van der Waals surface area (Å²) >= 11 is 0. The standard InChI is InChI=1S/C23H33FN3O4P/c1-8-31-32(30)18-14(24)10-9-11-15(18)25-20(26-32)16-17(28)19(23(5,6)7)27(21(16)29)13-12-22(2,3)4/h9-11,19,28H,8,12-13H2,1-7H3,(H,25,26,30). The molecule has 0 spiro atoms. The van der Waals surface area contributed by atoms with Gasteiger partial charge in [-0.25, -0.2) is 4.39 Å². The van der Waals surface area contributed by atoms with Crippen LogP contribution in [0.25, 0.3) is 0 Å². The molecule has 1 amide bonds. The second kappa shape index (κ2) is 8.31. The summed E-state index contributed by atoms with van der Waals surface area (Å²) in [6.07, 6.45) is 0.733. The van der Waals surface area contributed by atoms with E-state index in [4.69, 9.17) is 4.52 Å². The summed E-state index contributed by atoms with van der Waals surface area (Å²) in [6, 6.07) is 3.64.